The first kappa shape index (κ1) is 27.6. The number of methoxy groups -OCH3 is 1. The van der Waals surface area contributed by atoms with Crippen LogP contribution in [0.1, 0.15) is 75.7 Å². The zero-order valence-corrected chi connectivity index (χ0v) is 22.9. The van der Waals surface area contributed by atoms with Gasteiger partial charge in [0.15, 0.2) is 11.6 Å². The maximum atomic E-state index is 15.3. The highest BCUT2D eigenvalue weighted by atomic mass is 19.2. The summed E-state index contributed by atoms with van der Waals surface area (Å²) in [6.45, 7) is 3.86. The molecule has 2 saturated carbocycles. The van der Waals surface area contributed by atoms with Gasteiger partial charge in [0.2, 0.25) is 5.82 Å². The molecule has 2 fully saturated rings. The van der Waals surface area contributed by atoms with Gasteiger partial charge >= 0.3 is 0 Å². The molecule has 0 aromatic heterocycles. The van der Waals surface area contributed by atoms with E-state index < -0.39 is 11.6 Å². The Morgan fingerprint density at radius 1 is 0.744 bits per heavy atom. The van der Waals surface area contributed by atoms with Crippen molar-refractivity contribution in [2.75, 3.05) is 7.11 Å². The zero-order valence-electron chi connectivity index (χ0n) is 22.9. The van der Waals surface area contributed by atoms with Gasteiger partial charge in [0.05, 0.1) is 7.11 Å². The lowest BCUT2D eigenvalue weighted by Crippen LogP contribution is -2.25. The normalized spacial score (nSPS) is 23.4. The highest BCUT2D eigenvalue weighted by Gasteiger charge is 2.32. The molecular weight excluding hydrogens is 493 g/mol. The van der Waals surface area contributed by atoms with Gasteiger partial charge < -0.3 is 4.74 Å². The number of hydrogen-bond acceptors (Lipinski definition) is 1. The second-order valence-electron chi connectivity index (χ2n) is 11.5. The van der Waals surface area contributed by atoms with E-state index in [0.29, 0.717) is 5.56 Å². The second kappa shape index (κ2) is 12.4. The van der Waals surface area contributed by atoms with E-state index in [2.05, 4.69) is 6.58 Å². The topological polar surface area (TPSA) is 9.23 Å². The average Bonchev–Trinajstić information content (AvgIpc) is 2.98. The molecule has 5 rings (SSSR count). The number of hydrogen-bond donors (Lipinski definition) is 0. The van der Waals surface area contributed by atoms with Crippen molar-refractivity contribution < 1.29 is 17.9 Å². The smallest absolute Gasteiger partial charge is 0.201 e. The predicted molar refractivity (Wildman–Crippen MR) is 153 cm³/mol. The molecule has 0 radical (unpaired) electrons. The van der Waals surface area contributed by atoms with Crippen molar-refractivity contribution in [3.63, 3.8) is 0 Å². The summed E-state index contributed by atoms with van der Waals surface area (Å²) in [5.41, 5.74) is 3.17. The minimum atomic E-state index is -1.00. The van der Waals surface area contributed by atoms with Gasteiger partial charge in [-0.1, -0.05) is 55.3 Å². The fourth-order valence-corrected chi connectivity index (χ4v) is 7.00. The molecule has 0 heterocycles. The Morgan fingerprint density at radius 2 is 1.36 bits per heavy atom. The van der Waals surface area contributed by atoms with E-state index >= 15 is 4.39 Å². The summed E-state index contributed by atoms with van der Waals surface area (Å²) in [5, 5.41) is 0. The third-order valence-electron chi connectivity index (χ3n) is 9.35. The molecule has 3 aromatic rings. The molecule has 0 bridgehead atoms. The summed E-state index contributed by atoms with van der Waals surface area (Å²) in [6.07, 6.45) is 14.5. The SMILES string of the molecule is C=CCCC1CCC(C2CCC(c3ccc(-c4ccc(-c5ccc(OC)c(F)c5F)cc4)cc3F)CC2)CC1. The fourth-order valence-electron chi connectivity index (χ4n) is 7.00. The Balaban J connectivity index is 1.20. The van der Waals surface area contributed by atoms with E-state index in [1.165, 1.54) is 64.2 Å². The standard InChI is InChI=1S/C35H39F3O/c1-3-4-5-23-6-8-24(9-7-23)25-10-14-27(15-11-25)30-19-18-29(22-32(30)36)26-12-16-28(17-13-26)31-20-21-33(39-2)35(38)34(31)37/h3,12-13,16-25,27H,1,4-11,14-15H2,2H3. The number of benzene rings is 3. The average molecular weight is 533 g/mol. The molecule has 3 aromatic carbocycles. The van der Waals surface area contributed by atoms with Crippen LogP contribution in [-0.2, 0) is 0 Å². The van der Waals surface area contributed by atoms with E-state index in [1.807, 2.05) is 30.3 Å². The maximum Gasteiger partial charge on any atom is 0.201 e. The number of rotatable bonds is 8. The Morgan fingerprint density at radius 3 is 1.97 bits per heavy atom. The lowest BCUT2D eigenvalue weighted by atomic mass is 9.68. The number of ether oxygens (including phenoxy) is 1. The van der Waals surface area contributed by atoms with Gasteiger partial charge in [-0.15, -0.1) is 6.58 Å². The minimum absolute atomic E-state index is 0.126. The summed E-state index contributed by atoms with van der Waals surface area (Å²) < 4.78 is 48.8. The highest BCUT2D eigenvalue weighted by molar-refractivity contribution is 5.71. The van der Waals surface area contributed by atoms with E-state index in [9.17, 15) is 8.78 Å². The van der Waals surface area contributed by atoms with E-state index in [0.717, 1.165) is 53.7 Å². The van der Waals surface area contributed by atoms with Crippen molar-refractivity contribution in [3.05, 3.63) is 90.3 Å². The molecule has 0 atom stereocenters. The van der Waals surface area contributed by atoms with Gasteiger partial charge in [-0.3, -0.25) is 0 Å². The van der Waals surface area contributed by atoms with Gasteiger partial charge in [-0.05, 0) is 115 Å². The van der Waals surface area contributed by atoms with E-state index in [-0.39, 0.29) is 23.0 Å². The molecule has 1 nitrogen and oxygen atoms in total. The molecule has 0 saturated heterocycles. The van der Waals surface area contributed by atoms with E-state index in [1.54, 1.807) is 18.2 Å². The van der Waals surface area contributed by atoms with Gasteiger partial charge in [-0.2, -0.15) is 4.39 Å². The summed E-state index contributed by atoms with van der Waals surface area (Å²) in [4.78, 5) is 0. The van der Waals surface area contributed by atoms with Crippen LogP contribution in [0.15, 0.2) is 67.3 Å². The quantitative estimate of drug-likeness (QED) is 0.262. The van der Waals surface area contributed by atoms with Crippen molar-refractivity contribution in [3.8, 4) is 28.0 Å². The molecular formula is C35H39F3O. The number of halogens is 3. The first-order chi connectivity index (χ1) is 19.0. The van der Waals surface area contributed by atoms with Crippen molar-refractivity contribution in [1.29, 1.82) is 0 Å². The molecule has 0 aliphatic heterocycles. The van der Waals surface area contributed by atoms with E-state index in [4.69, 9.17) is 4.74 Å². The van der Waals surface area contributed by atoms with Crippen molar-refractivity contribution in [2.24, 2.45) is 17.8 Å². The highest BCUT2D eigenvalue weighted by Crippen LogP contribution is 2.45. The van der Waals surface area contributed by atoms with Crippen LogP contribution in [0.4, 0.5) is 13.2 Å². The maximum absolute atomic E-state index is 15.3. The van der Waals surface area contributed by atoms with Gasteiger partial charge in [0.1, 0.15) is 5.82 Å². The van der Waals surface area contributed by atoms with Gasteiger partial charge in [-0.25, -0.2) is 8.78 Å². The van der Waals surface area contributed by atoms with Crippen LogP contribution < -0.4 is 4.74 Å². The molecule has 206 valence electrons. The van der Waals surface area contributed by atoms with Gasteiger partial charge in [0.25, 0.3) is 0 Å². The summed E-state index contributed by atoms with van der Waals surface area (Å²) in [6, 6.07) is 15.6. The number of allylic oxidation sites excluding steroid dienone is 1. The molecule has 0 spiro atoms. The fraction of sp³-hybridized carbons (Fsp3) is 0.429. The zero-order chi connectivity index (χ0) is 27.4. The molecule has 4 heteroatoms. The molecule has 0 unspecified atom stereocenters. The largest absolute Gasteiger partial charge is 0.494 e. The van der Waals surface area contributed by atoms with Crippen LogP contribution in [0.5, 0.6) is 5.75 Å². The third kappa shape index (κ3) is 6.10. The summed E-state index contributed by atoms with van der Waals surface area (Å²) >= 11 is 0. The van der Waals surface area contributed by atoms with Crippen LogP contribution in [-0.4, -0.2) is 7.11 Å². The van der Waals surface area contributed by atoms with Crippen LogP contribution in [0.25, 0.3) is 22.3 Å². The third-order valence-corrected chi connectivity index (χ3v) is 9.35. The molecule has 39 heavy (non-hydrogen) atoms. The van der Waals surface area contributed by atoms with Crippen LogP contribution in [0, 0.1) is 35.2 Å². The second-order valence-corrected chi connectivity index (χ2v) is 11.5. The van der Waals surface area contributed by atoms with Crippen LogP contribution >= 0.6 is 0 Å². The first-order valence-electron chi connectivity index (χ1n) is 14.5. The van der Waals surface area contributed by atoms with Crippen LogP contribution in [0.3, 0.4) is 0 Å². The lowest BCUT2D eigenvalue weighted by Gasteiger charge is -2.38. The molecule has 2 aliphatic rings. The Labute approximate surface area is 231 Å². The Hall–Kier alpha value is -3.01. The van der Waals surface area contributed by atoms with Gasteiger partial charge in [0, 0.05) is 5.56 Å². The first-order valence-corrected chi connectivity index (χ1v) is 14.5. The summed E-state index contributed by atoms with van der Waals surface area (Å²) in [5.74, 6) is 0.599. The molecule has 2 aliphatic carbocycles. The molecule has 0 N–H and O–H groups in total. The predicted octanol–water partition coefficient (Wildman–Crippen LogP) is 10.5. The Kier molecular flexibility index (Phi) is 8.79. The summed E-state index contributed by atoms with van der Waals surface area (Å²) in [7, 11) is 1.31. The van der Waals surface area contributed by atoms with Crippen molar-refractivity contribution in [2.45, 2.75) is 70.1 Å². The monoisotopic (exact) mass is 532 g/mol. The van der Waals surface area contributed by atoms with Crippen molar-refractivity contribution in [1.82, 2.24) is 0 Å². The van der Waals surface area contributed by atoms with Crippen molar-refractivity contribution >= 4 is 0 Å². The Bertz CT molecular complexity index is 1270. The molecule has 0 amide bonds. The van der Waals surface area contributed by atoms with Crippen LogP contribution in [0.2, 0.25) is 0 Å². The lowest BCUT2D eigenvalue weighted by molar-refractivity contribution is 0.156. The minimum Gasteiger partial charge on any atom is -0.494 e.